The van der Waals surface area contributed by atoms with Gasteiger partial charge in [0.1, 0.15) is 5.60 Å². The summed E-state index contributed by atoms with van der Waals surface area (Å²) in [5.74, 6) is 0.699. The number of alkyl carbamates (subject to hydrolysis) is 1. The van der Waals surface area contributed by atoms with Crippen LogP contribution in [-0.4, -0.2) is 17.6 Å². The lowest BCUT2D eigenvalue weighted by molar-refractivity contribution is -0.117. The van der Waals surface area contributed by atoms with Gasteiger partial charge >= 0.3 is 6.09 Å². The minimum Gasteiger partial charge on any atom is -0.444 e. The van der Waals surface area contributed by atoms with Crippen LogP contribution in [0.1, 0.15) is 39.7 Å². The Morgan fingerprint density at radius 2 is 2.00 bits per heavy atom. The van der Waals surface area contributed by atoms with E-state index in [1.807, 2.05) is 45.0 Å². The Bertz CT molecular complexity index is 563. The summed E-state index contributed by atoms with van der Waals surface area (Å²) in [6, 6.07) is 7.47. The van der Waals surface area contributed by atoms with Crippen molar-refractivity contribution in [1.29, 1.82) is 0 Å². The molecule has 22 heavy (non-hydrogen) atoms. The molecular formula is C17H24N2O3. The first-order valence-corrected chi connectivity index (χ1v) is 7.61. The summed E-state index contributed by atoms with van der Waals surface area (Å²) in [6.45, 7) is 7.90. The molecule has 0 aromatic heterocycles. The van der Waals surface area contributed by atoms with Gasteiger partial charge in [-0.15, -0.1) is 0 Å². The fraction of sp³-hybridized carbons (Fsp3) is 0.529. The number of anilines is 1. The topological polar surface area (TPSA) is 67.4 Å². The van der Waals surface area contributed by atoms with Gasteiger partial charge in [-0.05, 0) is 50.8 Å². The molecule has 1 aromatic carbocycles. The Kier molecular flexibility index (Phi) is 4.74. The molecular weight excluding hydrogens is 280 g/mol. The molecule has 1 fully saturated rings. The predicted molar refractivity (Wildman–Crippen MR) is 85.4 cm³/mol. The molecule has 5 heteroatoms. The molecule has 1 saturated carbocycles. The number of nitrogens with one attached hydrogen (secondary N) is 2. The molecule has 0 unspecified atom stereocenters. The third kappa shape index (κ3) is 5.06. The zero-order valence-electron chi connectivity index (χ0n) is 13.6. The third-order valence-corrected chi connectivity index (χ3v) is 3.48. The van der Waals surface area contributed by atoms with Gasteiger partial charge in [-0.3, -0.25) is 4.79 Å². The van der Waals surface area contributed by atoms with Crippen molar-refractivity contribution in [3.05, 3.63) is 29.8 Å². The lowest BCUT2D eigenvalue weighted by atomic mass is 10.2. The molecule has 0 radical (unpaired) electrons. The monoisotopic (exact) mass is 304 g/mol. The van der Waals surface area contributed by atoms with Gasteiger partial charge in [0, 0.05) is 18.2 Å². The van der Waals surface area contributed by atoms with Crippen molar-refractivity contribution in [3.8, 4) is 0 Å². The van der Waals surface area contributed by atoms with Crippen molar-refractivity contribution in [2.75, 3.05) is 5.32 Å². The van der Waals surface area contributed by atoms with Crippen molar-refractivity contribution in [2.24, 2.45) is 11.8 Å². The first kappa shape index (κ1) is 16.3. The number of ether oxygens (including phenoxy) is 1. The summed E-state index contributed by atoms with van der Waals surface area (Å²) in [5.41, 5.74) is 1.15. The Morgan fingerprint density at radius 3 is 2.59 bits per heavy atom. The first-order valence-electron chi connectivity index (χ1n) is 7.61. The van der Waals surface area contributed by atoms with E-state index < -0.39 is 11.7 Å². The van der Waals surface area contributed by atoms with Gasteiger partial charge in [-0.2, -0.15) is 0 Å². The lowest BCUT2D eigenvalue weighted by Gasteiger charge is -2.19. The van der Waals surface area contributed by atoms with Gasteiger partial charge in [0.05, 0.1) is 0 Å². The average molecular weight is 304 g/mol. The fourth-order valence-corrected chi connectivity index (χ4v) is 2.17. The molecule has 2 atom stereocenters. The highest BCUT2D eigenvalue weighted by Gasteiger charge is 2.39. The maximum Gasteiger partial charge on any atom is 0.407 e. The molecule has 0 spiro atoms. The third-order valence-electron chi connectivity index (χ3n) is 3.48. The van der Waals surface area contributed by atoms with E-state index in [1.54, 1.807) is 0 Å². The highest BCUT2D eigenvalue weighted by Crippen LogP contribution is 2.38. The van der Waals surface area contributed by atoms with Crippen molar-refractivity contribution >= 4 is 17.7 Å². The van der Waals surface area contributed by atoms with Gasteiger partial charge in [-0.25, -0.2) is 4.79 Å². The number of amides is 2. The van der Waals surface area contributed by atoms with E-state index in [0.29, 0.717) is 12.5 Å². The van der Waals surface area contributed by atoms with Crippen LogP contribution in [0.5, 0.6) is 0 Å². The number of hydrogen-bond donors (Lipinski definition) is 2. The molecule has 0 saturated heterocycles. The molecule has 0 aliphatic heterocycles. The van der Waals surface area contributed by atoms with Crippen molar-refractivity contribution in [3.63, 3.8) is 0 Å². The minimum atomic E-state index is -0.513. The molecule has 120 valence electrons. The van der Waals surface area contributed by atoms with Gasteiger partial charge in [0.25, 0.3) is 0 Å². The second-order valence-electron chi connectivity index (χ2n) is 6.86. The van der Waals surface area contributed by atoms with Crippen LogP contribution in [0.4, 0.5) is 10.5 Å². The number of carbonyl (C=O) groups is 2. The number of rotatable bonds is 4. The Balaban J connectivity index is 1.86. The average Bonchev–Trinajstić information content (AvgIpc) is 3.12. The molecule has 2 N–H and O–H groups in total. The van der Waals surface area contributed by atoms with Crippen LogP contribution in [0, 0.1) is 11.8 Å². The molecule has 5 nitrogen and oxygen atoms in total. The van der Waals surface area contributed by atoms with E-state index in [9.17, 15) is 9.59 Å². The largest absolute Gasteiger partial charge is 0.444 e. The molecule has 1 aliphatic rings. The second kappa shape index (κ2) is 6.38. The van der Waals surface area contributed by atoms with Crippen LogP contribution in [0.3, 0.4) is 0 Å². The second-order valence-corrected chi connectivity index (χ2v) is 6.86. The van der Waals surface area contributed by atoms with E-state index in [1.165, 1.54) is 0 Å². The minimum absolute atomic E-state index is 0.0738. The van der Waals surface area contributed by atoms with Crippen LogP contribution < -0.4 is 10.6 Å². The molecule has 0 heterocycles. The zero-order chi connectivity index (χ0) is 16.3. The zero-order valence-corrected chi connectivity index (χ0v) is 13.6. The van der Waals surface area contributed by atoms with Crippen molar-refractivity contribution in [2.45, 2.75) is 46.3 Å². The van der Waals surface area contributed by atoms with Gasteiger partial charge in [0.15, 0.2) is 0 Å². The fourth-order valence-electron chi connectivity index (χ4n) is 2.17. The molecule has 0 bridgehead atoms. The van der Waals surface area contributed by atoms with Gasteiger partial charge in [0.2, 0.25) is 5.91 Å². The van der Waals surface area contributed by atoms with E-state index >= 15 is 0 Å². The summed E-state index contributed by atoms with van der Waals surface area (Å²) < 4.78 is 5.19. The lowest BCUT2D eigenvalue weighted by Crippen LogP contribution is -2.32. The quantitative estimate of drug-likeness (QED) is 0.896. The van der Waals surface area contributed by atoms with E-state index in [-0.39, 0.29) is 11.8 Å². The Morgan fingerprint density at radius 1 is 1.32 bits per heavy atom. The Hall–Kier alpha value is -2.04. The summed E-state index contributed by atoms with van der Waals surface area (Å²) in [5, 5.41) is 5.62. The highest BCUT2D eigenvalue weighted by atomic mass is 16.6. The maximum atomic E-state index is 11.9. The van der Waals surface area contributed by atoms with Crippen LogP contribution >= 0.6 is 0 Å². The normalized spacial score (nSPS) is 20.2. The Labute approximate surface area is 131 Å². The highest BCUT2D eigenvalue weighted by molar-refractivity contribution is 5.94. The molecule has 1 aliphatic carbocycles. The number of benzene rings is 1. The maximum absolute atomic E-state index is 11.9. The van der Waals surface area contributed by atoms with E-state index in [0.717, 1.165) is 17.7 Å². The standard InChI is InChI=1S/C17H24N2O3/c1-11-8-14(11)15(20)19-13-7-5-6-12(9-13)10-18-16(21)22-17(2,3)4/h5-7,9,11,14H,8,10H2,1-4H3,(H,18,21)(H,19,20)/t11-,14+/m1/s1. The van der Waals surface area contributed by atoms with Crippen LogP contribution in [0.25, 0.3) is 0 Å². The molecule has 2 rings (SSSR count). The van der Waals surface area contributed by atoms with Crippen LogP contribution in [0.15, 0.2) is 24.3 Å². The van der Waals surface area contributed by atoms with Crippen molar-refractivity contribution in [1.82, 2.24) is 5.32 Å². The molecule has 2 amide bonds. The van der Waals surface area contributed by atoms with Crippen LogP contribution in [0.2, 0.25) is 0 Å². The number of hydrogen-bond acceptors (Lipinski definition) is 3. The van der Waals surface area contributed by atoms with E-state index in [4.69, 9.17) is 4.74 Å². The first-order chi connectivity index (χ1) is 10.2. The van der Waals surface area contributed by atoms with Gasteiger partial charge in [-0.1, -0.05) is 19.1 Å². The SMILES string of the molecule is C[C@@H]1C[C@@H]1C(=O)Nc1cccc(CNC(=O)OC(C)(C)C)c1. The summed E-state index contributed by atoms with van der Waals surface area (Å²) in [4.78, 5) is 23.5. The van der Waals surface area contributed by atoms with Crippen LogP contribution in [-0.2, 0) is 16.1 Å². The number of carbonyl (C=O) groups excluding carboxylic acids is 2. The predicted octanol–water partition coefficient (Wildman–Crippen LogP) is 3.31. The van der Waals surface area contributed by atoms with Crippen molar-refractivity contribution < 1.29 is 14.3 Å². The smallest absolute Gasteiger partial charge is 0.407 e. The summed E-state index contributed by atoms with van der Waals surface area (Å²) in [7, 11) is 0. The summed E-state index contributed by atoms with van der Waals surface area (Å²) in [6.07, 6.45) is 0.514. The van der Waals surface area contributed by atoms with E-state index in [2.05, 4.69) is 17.6 Å². The summed E-state index contributed by atoms with van der Waals surface area (Å²) >= 11 is 0. The van der Waals surface area contributed by atoms with Gasteiger partial charge < -0.3 is 15.4 Å². The molecule has 1 aromatic rings.